The van der Waals surface area contributed by atoms with Gasteiger partial charge in [0.25, 0.3) is 0 Å². The zero-order valence-corrected chi connectivity index (χ0v) is 14.9. The number of benzene rings is 2. The summed E-state index contributed by atoms with van der Waals surface area (Å²) in [5.41, 5.74) is 10.2. The highest BCUT2D eigenvalue weighted by Gasteiger charge is 2.26. The van der Waals surface area contributed by atoms with Crippen molar-refractivity contribution in [1.82, 2.24) is 4.98 Å². The van der Waals surface area contributed by atoms with Crippen LogP contribution in [0.15, 0.2) is 48.5 Å². The highest BCUT2D eigenvalue weighted by atomic mass is 35.5. The molecule has 0 bridgehead atoms. The molecule has 0 unspecified atom stereocenters. The Labute approximate surface area is 150 Å². The topological polar surface area (TPSA) is 71.1 Å². The Bertz CT molecular complexity index is 1050. The molecule has 7 heteroatoms. The van der Waals surface area contributed by atoms with E-state index in [2.05, 4.69) is 15.8 Å². The van der Waals surface area contributed by atoms with Gasteiger partial charge in [0.2, 0.25) is 0 Å². The number of hydrogen-bond acceptors (Lipinski definition) is 5. The van der Waals surface area contributed by atoms with Crippen LogP contribution in [-0.4, -0.2) is 19.2 Å². The van der Waals surface area contributed by atoms with E-state index in [1.807, 2.05) is 36.4 Å². The van der Waals surface area contributed by atoms with E-state index >= 15 is 0 Å². The monoisotopic (exact) mass is 373 g/mol. The molecule has 3 aromatic rings. The van der Waals surface area contributed by atoms with Crippen LogP contribution in [0, 0.1) is 0 Å². The van der Waals surface area contributed by atoms with Crippen LogP contribution in [0.3, 0.4) is 0 Å². The first-order chi connectivity index (χ1) is 12.0. The molecule has 1 aromatic heterocycles. The summed E-state index contributed by atoms with van der Waals surface area (Å²) < 4.78 is 24.3. The molecule has 0 radical (unpaired) electrons. The van der Waals surface area contributed by atoms with E-state index in [9.17, 15) is 8.42 Å². The summed E-state index contributed by atoms with van der Waals surface area (Å²) in [5.74, 6) is 0.122. The predicted octanol–water partition coefficient (Wildman–Crippen LogP) is 3.80. The second-order valence-corrected chi connectivity index (χ2v) is 8.65. The molecule has 0 amide bonds. The minimum absolute atomic E-state index is 0.00724. The van der Waals surface area contributed by atoms with Gasteiger partial charge < -0.3 is 5.43 Å². The second kappa shape index (κ2) is 6.20. The normalized spacial score (nSPS) is 15.6. The van der Waals surface area contributed by atoms with Gasteiger partial charge >= 0.3 is 0 Å². The first-order valence-electron chi connectivity index (χ1n) is 7.90. The fourth-order valence-corrected chi connectivity index (χ4v) is 4.60. The fraction of sp³-hybridized carbons (Fsp3) is 0.167. The molecule has 2 heterocycles. The molecule has 0 saturated heterocycles. The van der Waals surface area contributed by atoms with Crippen molar-refractivity contribution in [2.75, 3.05) is 16.6 Å². The van der Waals surface area contributed by atoms with Gasteiger partial charge in [0.15, 0.2) is 9.84 Å². The molecule has 0 spiro atoms. The second-order valence-electron chi connectivity index (χ2n) is 6.03. The van der Waals surface area contributed by atoms with Gasteiger partial charge in [0, 0.05) is 28.1 Å². The number of pyridine rings is 1. The molecule has 0 fully saturated rings. The minimum atomic E-state index is -3.11. The van der Waals surface area contributed by atoms with Crippen LogP contribution in [0.5, 0.6) is 0 Å². The lowest BCUT2D eigenvalue weighted by atomic mass is 10.1. The van der Waals surface area contributed by atoms with Gasteiger partial charge in [0.1, 0.15) is 0 Å². The van der Waals surface area contributed by atoms with Gasteiger partial charge in [-0.1, -0.05) is 29.8 Å². The molecule has 2 aromatic carbocycles. The predicted molar refractivity (Wildman–Crippen MR) is 102 cm³/mol. The summed E-state index contributed by atoms with van der Waals surface area (Å²) >= 11 is 6.10. The number of aryl methyl sites for hydroxylation is 1. The Hall–Kier alpha value is -2.31. The van der Waals surface area contributed by atoms with E-state index in [0.717, 1.165) is 33.5 Å². The molecule has 2 N–H and O–H groups in total. The van der Waals surface area contributed by atoms with Gasteiger partial charge in [-0.3, -0.25) is 10.4 Å². The van der Waals surface area contributed by atoms with Crippen LogP contribution in [0.25, 0.3) is 10.9 Å². The lowest BCUT2D eigenvalue weighted by Crippen LogP contribution is -2.23. The number of rotatable bonds is 3. The molecule has 128 valence electrons. The molecule has 0 atom stereocenters. The third-order valence-electron chi connectivity index (χ3n) is 4.25. The number of anilines is 2. The van der Waals surface area contributed by atoms with Crippen molar-refractivity contribution in [3.05, 3.63) is 64.8 Å². The lowest BCUT2D eigenvalue weighted by molar-refractivity contribution is 0.591. The van der Waals surface area contributed by atoms with Crippen LogP contribution >= 0.6 is 11.6 Å². The number of aromatic nitrogens is 1. The third-order valence-corrected chi connectivity index (χ3v) is 6.04. The van der Waals surface area contributed by atoms with E-state index in [1.165, 1.54) is 0 Å². The fourth-order valence-electron chi connectivity index (χ4n) is 3.03. The van der Waals surface area contributed by atoms with Crippen molar-refractivity contribution in [2.24, 2.45) is 0 Å². The molecule has 0 aliphatic carbocycles. The average molecular weight is 374 g/mol. The van der Waals surface area contributed by atoms with Crippen LogP contribution in [0.2, 0.25) is 5.02 Å². The summed E-state index contributed by atoms with van der Waals surface area (Å²) in [4.78, 5) is 4.64. The summed E-state index contributed by atoms with van der Waals surface area (Å²) in [5, 5.41) is 1.44. The standard InChI is InChI=1S/C18H16ClN3O2S/c19-12-6-7-14-17(10-12)20-16-8-9-25(23,24)11-15(16)18(14)22-21-13-4-2-1-3-5-13/h1-7,10,21H,8-9,11H2,(H,20,22). The van der Waals surface area contributed by atoms with Gasteiger partial charge in [0.05, 0.1) is 28.4 Å². The van der Waals surface area contributed by atoms with Crippen molar-refractivity contribution in [3.63, 3.8) is 0 Å². The van der Waals surface area contributed by atoms with Crippen molar-refractivity contribution in [3.8, 4) is 0 Å². The number of fused-ring (bicyclic) bond motifs is 2. The van der Waals surface area contributed by atoms with E-state index < -0.39 is 9.84 Å². The molecule has 0 saturated carbocycles. The summed E-state index contributed by atoms with van der Waals surface area (Å²) in [6, 6.07) is 15.1. The van der Waals surface area contributed by atoms with Gasteiger partial charge in [-0.15, -0.1) is 0 Å². The maximum atomic E-state index is 12.1. The highest BCUT2D eigenvalue weighted by molar-refractivity contribution is 7.90. The maximum absolute atomic E-state index is 12.1. The number of nitrogens with one attached hydrogen (secondary N) is 2. The van der Waals surface area contributed by atoms with Crippen LogP contribution < -0.4 is 10.9 Å². The molecule has 4 rings (SSSR count). The van der Waals surface area contributed by atoms with Crippen LogP contribution in [0.1, 0.15) is 11.3 Å². The summed E-state index contributed by atoms with van der Waals surface area (Å²) in [7, 11) is -3.11. The SMILES string of the molecule is O=S1(=O)CCc2nc3cc(Cl)ccc3c(NNc3ccccc3)c2C1. The zero-order chi connectivity index (χ0) is 17.4. The number of nitrogens with zero attached hydrogens (tertiary/aromatic N) is 1. The molecule has 5 nitrogen and oxygen atoms in total. The average Bonchev–Trinajstić information content (AvgIpc) is 2.59. The molecule has 25 heavy (non-hydrogen) atoms. The number of para-hydroxylation sites is 1. The van der Waals surface area contributed by atoms with Crippen molar-refractivity contribution < 1.29 is 8.42 Å². The lowest BCUT2D eigenvalue weighted by Gasteiger charge is -2.22. The zero-order valence-electron chi connectivity index (χ0n) is 13.3. The Morgan fingerprint density at radius 1 is 1.04 bits per heavy atom. The number of sulfone groups is 1. The summed E-state index contributed by atoms with van der Waals surface area (Å²) in [6.45, 7) is 0. The Kier molecular flexibility index (Phi) is 4.01. The van der Waals surface area contributed by atoms with E-state index in [4.69, 9.17) is 11.6 Å². The van der Waals surface area contributed by atoms with Crippen molar-refractivity contribution in [1.29, 1.82) is 0 Å². The Morgan fingerprint density at radius 3 is 2.64 bits per heavy atom. The largest absolute Gasteiger partial charge is 0.301 e. The molecule has 1 aliphatic heterocycles. The Balaban J connectivity index is 1.84. The van der Waals surface area contributed by atoms with E-state index in [0.29, 0.717) is 11.4 Å². The number of hydrazine groups is 1. The van der Waals surface area contributed by atoms with Crippen molar-refractivity contribution in [2.45, 2.75) is 12.2 Å². The highest BCUT2D eigenvalue weighted by Crippen LogP contribution is 2.34. The Morgan fingerprint density at radius 2 is 1.84 bits per heavy atom. The van der Waals surface area contributed by atoms with Crippen LogP contribution in [0.4, 0.5) is 11.4 Å². The third kappa shape index (κ3) is 3.27. The van der Waals surface area contributed by atoms with Crippen molar-refractivity contribution >= 4 is 43.7 Å². The molecule has 1 aliphatic rings. The quantitative estimate of drug-likeness (QED) is 0.683. The van der Waals surface area contributed by atoms with Gasteiger partial charge in [-0.25, -0.2) is 8.42 Å². The number of halogens is 1. The van der Waals surface area contributed by atoms with E-state index in [-0.39, 0.29) is 11.5 Å². The van der Waals surface area contributed by atoms with Gasteiger partial charge in [-0.05, 0) is 30.3 Å². The minimum Gasteiger partial charge on any atom is -0.301 e. The van der Waals surface area contributed by atoms with Gasteiger partial charge in [-0.2, -0.15) is 0 Å². The summed E-state index contributed by atoms with van der Waals surface area (Å²) in [6.07, 6.45) is 0.417. The van der Waals surface area contributed by atoms with E-state index in [1.54, 1.807) is 12.1 Å². The molecular formula is C18H16ClN3O2S. The maximum Gasteiger partial charge on any atom is 0.154 e. The number of hydrogen-bond donors (Lipinski definition) is 2. The smallest absolute Gasteiger partial charge is 0.154 e. The first kappa shape index (κ1) is 16.2. The van der Waals surface area contributed by atoms with Crippen LogP contribution in [-0.2, 0) is 22.0 Å². The molecular weight excluding hydrogens is 358 g/mol. The first-order valence-corrected chi connectivity index (χ1v) is 10.1.